The van der Waals surface area contributed by atoms with E-state index in [0.717, 1.165) is 12.3 Å². The van der Waals surface area contributed by atoms with Crippen molar-refractivity contribution in [2.45, 2.75) is 31.4 Å². The minimum Gasteiger partial charge on any atom is -0.469 e. The molecule has 2 atom stereocenters. The molecule has 1 aliphatic rings. The van der Waals surface area contributed by atoms with E-state index in [-0.39, 0.29) is 11.9 Å². The summed E-state index contributed by atoms with van der Waals surface area (Å²) < 4.78 is 5.23. The molecule has 0 aliphatic carbocycles. The van der Waals surface area contributed by atoms with E-state index in [2.05, 4.69) is 4.90 Å². The van der Waals surface area contributed by atoms with Crippen molar-refractivity contribution in [1.82, 2.24) is 9.80 Å². The summed E-state index contributed by atoms with van der Waals surface area (Å²) in [5, 5.41) is 9.75. The molecule has 1 amide bonds. The maximum Gasteiger partial charge on any atom is 0.223 e. The molecule has 2 rings (SSSR count). The minimum absolute atomic E-state index is 0.0970. The van der Waals surface area contributed by atoms with Crippen LogP contribution in [0.25, 0.3) is 0 Å². The van der Waals surface area contributed by atoms with Crippen LogP contribution in [0.5, 0.6) is 0 Å². The quantitative estimate of drug-likeness (QED) is 0.854. The van der Waals surface area contributed by atoms with E-state index in [1.165, 1.54) is 0 Å². The van der Waals surface area contributed by atoms with Crippen LogP contribution in [-0.2, 0) is 11.2 Å². The Hall–Kier alpha value is -1.33. The second-order valence-corrected chi connectivity index (χ2v) is 5.43. The number of rotatable bonds is 5. The molecular weight excluding hydrogens is 244 g/mol. The van der Waals surface area contributed by atoms with Gasteiger partial charge in [-0.2, -0.15) is 0 Å². The van der Waals surface area contributed by atoms with E-state index in [9.17, 15) is 9.90 Å². The summed E-state index contributed by atoms with van der Waals surface area (Å²) in [6, 6.07) is 3.83. The highest BCUT2D eigenvalue weighted by atomic mass is 16.3. The van der Waals surface area contributed by atoms with Crippen LogP contribution in [0.4, 0.5) is 0 Å². The lowest BCUT2D eigenvalue weighted by Crippen LogP contribution is -2.41. The molecule has 2 heterocycles. The number of carbonyl (C=O) groups excluding carboxylic acids is 1. The van der Waals surface area contributed by atoms with Crippen LogP contribution >= 0.6 is 0 Å². The van der Waals surface area contributed by atoms with Gasteiger partial charge in [0.05, 0.1) is 12.4 Å². The van der Waals surface area contributed by atoms with Crippen LogP contribution in [-0.4, -0.2) is 60.1 Å². The zero-order chi connectivity index (χ0) is 13.8. The van der Waals surface area contributed by atoms with E-state index in [0.29, 0.717) is 25.8 Å². The summed E-state index contributed by atoms with van der Waals surface area (Å²) in [6.07, 6.45) is 2.95. The number of likely N-dealkylation sites (tertiary alicyclic amines) is 1. The lowest BCUT2D eigenvalue weighted by atomic mass is 10.1. The molecule has 19 heavy (non-hydrogen) atoms. The Morgan fingerprint density at radius 1 is 1.58 bits per heavy atom. The van der Waals surface area contributed by atoms with Crippen molar-refractivity contribution in [1.29, 1.82) is 0 Å². The first-order chi connectivity index (χ1) is 9.06. The van der Waals surface area contributed by atoms with Crippen molar-refractivity contribution in [3.63, 3.8) is 0 Å². The smallest absolute Gasteiger partial charge is 0.223 e. The number of aliphatic hydroxyl groups excluding tert-OH is 1. The summed E-state index contributed by atoms with van der Waals surface area (Å²) in [6.45, 7) is 1.25. The number of carbonyl (C=O) groups is 1. The van der Waals surface area contributed by atoms with Gasteiger partial charge in [0.1, 0.15) is 5.76 Å². The highest BCUT2D eigenvalue weighted by molar-refractivity contribution is 5.77. The first kappa shape index (κ1) is 14.1. The van der Waals surface area contributed by atoms with Gasteiger partial charge in [-0.05, 0) is 32.6 Å². The average molecular weight is 266 g/mol. The standard InChI is InChI=1S/C14H22N2O3/c1-15(2)9-11-8-12(17)10-16(11)14(18)6-5-13-4-3-7-19-13/h3-4,7,11-12,17H,5-6,8-10H2,1-2H3. The monoisotopic (exact) mass is 266 g/mol. The Kier molecular flexibility index (Phi) is 4.61. The highest BCUT2D eigenvalue weighted by Crippen LogP contribution is 2.20. The van der Waals surface area contributed by atoms with E-state index in [1.807, 2.05) is 31.1 Å². The molecule has 5 heteroatoms. The van der Waals surface area contributed by atoms with E-state index < -0.39 is 6.10 Å². The third-order valence-electron chi connectivity index (χ3n) is 3.45. The summed E-state index contributed by atoms with van der Waals surface area (Å²) in [5.41, 5.74) is 0. The molecule has 1 aliphatic heterocycles. The van der Waals surface area contributed by atoms with Gasteiger partial charge in [0.25, 0.3) is 0 Å². The topological polar surface area (TPSA) is 56.9 Å². The summed E-state index contributed by atoms with van der Waals surface area (Å²) in [7, 11) is 3.96. The van der Waals surface area contributed by atoms with E-state index in [4.69, 9.17) is 4.42 Å². The number of likely N-dealkylation sites (N-methyl/N-ethyl adjacent to an activating group) is 1. The van der Waals surface area contributed by atoms with Gasteiger partial charge in [-0.15, -0.1) is 0 Å². The highest BCUT2D eigenvalue weighted by Gasteiger charge is 2.34. The summed E-state index contributed by atoms with van der Waals surface area (Å²) in [4.78, 5) is 16.1. The maximum atomic E-state index is 12.2. The molecule has 5 nitrogen and oxygen atoms in total. The fourth-order valence-electron chi connectivity index (χ4n) is 2.62. The zero-order valence-corrected chi connectivity index (χ0v) is 11.6. The van der Waals surface area contributed by atoms with Crippen LogP contribution in [0.15, 0.2) is 22.8 Å². The van der Waals surface area contributed by atoms with Gasteiger partial charge in [0.15, 0.2) is 0 Å². The number of β-amino-alcohol motifs (C(OH)–C–C–N with tert-alkyl or cyclic N) is 1. The first-order valence-corrected chi connectivity index (χ1v) is 6.71. The van der Waals surface area contributed by atoms with Crippen molar-refractivity contribution in [3.8, 4) is 0 Å². The zero-order valence-electron chi connectivity index (χ0n) is 11.6. The molecule has 0 spiro atoms. The SMILES string of the molecule is CN(C)CC1CC(O)CN1C(=O)CCc1ccco1. The number of furan rings is 1. The van der Waals surface area contributed by atoms with E-state index in [1.54, 1.807) is 6.26 Å². The van der Waals surface area contributed by atoms with Crippen LogP contribution in [0, 0.1) is 0 Å². The van der Waals surface area contributed by atoms with Gasteiger partial charge >= 0.3 is 0 Å². The Bertz CT molecular complexity index is 403. The van der Waals surface area contributed by atoms with Crippen molar-refractivity contribution in [2.75, 3.05) is 27.2 Å². The van der Waals surface area contributed by atoms with Gasteiger partial charge < -0.3 is 19.3 Å². The summed E-state index contributed by atoms with van der Waals surface area (Å²) >= 11 is 0. The molecule has 1 aromatic rings. The molecule has 1 saturated heterocycles. The lowest BCUT2D eigenvalue weighted by Gasteiger charge is -2.26. The molecule has 2 unspecified atom stereocenters. The molecule has 0 saturated carbocycles. The van der Waals surface area contributed by atoms with Crippen molar-refractivity contribution >= 4 is 5.91 Å². The van der Waals surface area contributed by atoms with E-state index >= 15 is 0 Å². The number of nitrogens with zero attached hydrogens (tertiary/aromatic N) is 2. The van der Waals surface area contributed by atoms with Gasteiger partial charge in [-0.3, -0.25) is 4.79 Å². The average Bonchev–Trinajstić information content (AvgIpc) is 2.95. The van der Waals surface area contributed by atoms with Crippen molar-refractivity contribution in [2.24, 2.45) is 0 Å². The lowest BCUT2D eigenvalue weighted by molar-refractivity contribution is -0.132. The van der Waals surface area contributed by atoms with Crippen LogP contribution < -0.4 is 0 Å². The number of aliphatic hydroxyl groups is 1. The van der Waals surface area contributed by atoms with Gasteiger partial charge in [-0.25, -0.2) is 0 Å². The Balaban J connectivity index is 1.89. The van der Waals surface area contributed by atoms with Gasteiger partial charge in [-0.1, -0.05) is 0 Å². The molecule has 0 aromatic carbocycles. The Labute approximate surface area is 113 Å². The van der Waals surface area contributed by atoms with Crippen LogP contribution in [0.2, 0.25) is 0 Å². The normalized spacial score (nSPS) is 23.3. The Morgan fingerprint density at radius 3 is 3.00 bits per heavy atom. The third kappa shape index (κ3) is 3.81. The Morgan fingerprint density at radius 2 is 2.37 bits per heavy atom. The van der Waals surface area contributed by atoms with Crippen LogP contribution in [0.3, 0.4) is 0 Å². The molecular formula is C14H22N2O3. The molecule has 0 bridgehead atoms. The molecule has 1 fully saturated rings. The molecule has 1 N–H and O–H groups in total. The number of amides is 1. The number of aryl methyl sites for hydroxylation is 1. The number of hydrogen-bond donors (Lipinski definition) is 1. The molecule has 106 valence electrons. The predicted molar refractivity (Wildman–Crippen MR) is 71.7 cm³/mol. The fraction of sp³-hybridized carbons (Fsp3) is 0.643. The number of hydrogen-bond acceptors (Lipinski definition) is 4. The predicted octanol–water partition coefficient (Wildman–Crippen LogP) is 0.736. The third-order valence-corrected chi connectivity index (χ3v) is 3.45. The molecule has 0 radical (unpaired) electrons. The van der Waals surface area contributed by atoms with Crippen molar-refractivity contribution in [3.05, 3.63) is 24.2 Å². The maximum absolute atomic E-state index is 12.2. The largest absolute Gasteiger partial charge is 0.469 e. The minimum atomic E-state index is -0.391. The van der Waals surface area contributed by atoms with Gasteiger partial charge in [0.2, 0.25) is 5.91 Å². The van der Waals surface area contributed by atoms with Gasteiger partial charge in [0, 0.05) is 32.0 Å². The first-order valence-electron chi connectivity index (χ1n) is 6.71. The molecule has 1 aromatic heterocycles. The summed E-state index contributed by atoms with van der Waals surface area (Å²) in [5.74, 6) is 0.928. The fourth-order valence-corrected chi connectivity index (χ4v) is 2.62. The second kappa shape index (κ2) is 6.21. The van der Waals surface area contributed by atoms with Crippen molar-refractivity contribution < 1.29 is 14.3 Å². The second-order valence-electron chi connectivity index (χ2n) is 5.43. The van der Waals surface area contributed by atoms with Crippen LogP contribution in [0.1, 0.15) is 18.6 Å².